The lowest BCUT2D eigenvalue weighted by atomic mass is 9.79. The second kappa shape index (κ2) is 4.52. The topological polar surface area (TPSA) is 55.1 Å². The zero-order valence-corrected chi connectivity index (χ0v) is 10.3. The van der Waals surface area contributed by atoms with E-state index < -0.39 is 0 Å². The molecule has 0 bridgehead atoms. The van der Waals surface area contributed by atoms with Crippen molar-refractivity contribution < 1.29 is 4.79 Å². The van der Waals surface area contributed by atoms with Crippen LogP contribution in [0.4, 0.5) is 0 Å². The Morgan fingerprint density at radius 1 is 1.33 bits per heavy atom. The Balaban J connectivity index is 2.48. The van der Waals surface area contributed by atoms with Gasteiger partial charge in [-0.25, -0.2) is 0 Å². The average Bonchev–Trinajstić information content (AvgIpc) is 2.06. The maximum absolute atomic E-state index is 11.9. The molecule has 3 nitrogen and oxygen atoms in total. The number of carbonyl (C=O) groups excluding carboxylic acids is 1. The Bertz CT molecular complexity index is 232. The van der Waals surface area contributed by atoms with Crippen molar-refractivity contribution in [1.29, 1.82) is 0 Å². The summed E-state index contributed by atoms with van der Waals surface area (Å²) in [4.78, 5) is 11.9. The number of hydrogen-bond acceptors (Lipinski definition) is 2. The maximum atomic E-state index is 11.9. The molecule has 1 saturated carbocycles. The molecule has 1 amide bonds. The molecule has 0 saturated heterocycles. The first-order valence-electron chi connectivity index (χ1n) is 5.87. The van der Waals surface area contributed by atoms with Crippen LogP contribution in [-0.4, -0.2) is 17.5 Å². The molecule has 0 spiro atoms. The number of rotatable bonds is 1. The van der Waals surface area contributed by atoms with Crippen molar-refractivity contribution in [3.8, 4) is 0 Å². The van der Waals surface area contributed by atoms with Crippen molar-refractivity contribution in [3.05, 3.63) is 0 Å². The molecule has 1 aliphatic rings. The van der Waals surface area contributed by atoms with Gasteiger partial charge in [0.25, 0.3) is 0 Å². The lowest BCUT2D eigenvalue weighted by Gasteiger charge is -2.33. The van der Waals surface area contributed by atoms with E-state index >= 15 is 0 Å². The third kappa shape index (κ3) is 3.82. The maximum Gasteiger partial charge on any atom is 0.223 e. The van der Waals surface area contributed by atoms with Gasteiger partial charge in [-0.15, -0.1) is 0 Å². The van der Waals surface area contributed by atoms with Gasteiger partial charge in [0.1, 0.15) is 0 Å². The summed E-state index contributed by atoms with van der Waals surface area (Å²) in [6.07, 6.45) is 2.89. The van der Waals surface area contributed by atoms with Crippen LogP contribution in [-0.2, 0) is 4.79 Å². The molecule has 1 fully saturated rings. The smallest absolute Gasteiger partial charge is 0.223 e. The van der Waals surface area contributed by atoms with Gasteiger partial charge in [0.05, 0.1) is 0 Å². The first kappa shape index (κ1) is 12.5. The second-order valence-corrected chi connectivity index (χ2v) is 5.89. The average molecular weight is 212 g/mol. The summed E-state index contributed by atoms with van der Waals surface area (Å²) >= 11 is 0. The molecular weight excluding hydrogens is 188 g/mol. The molecule has 3 unspecified atom stereocenters. The van der Waals surface area contributed by atoms with Crippen molar-refractivity contribution in [3.63, 3.8) is 0 Å². The third-order valence-electron chi connectivity index (χ3n) is 3.13. The molecule has 0 heterocycles. The van der Waals surface area contributed by atoms with Crippen LogP contribution in [0.15, 0.2) is 0 Å². The molecule has 1 rings (SSSR count). The fraction of sp³-hybridized carbons (Fsp3) is 0.917. The van der Waals surface area contributed by atoms with Crippen LogP contribution >= 0.6 is 0 Å². The van der Waals surface area contributed by atoms with E-state index in [1.54, 1.807) is 0 Å². The minimum absolute atomic E-state index is 0.121. The number of carbonyl (C=O) groups is 1. The van der Waals surface area contributed by atoms with E-state index in [2.05, 4.69) is 12.2 Å². The van der Waals surface area contributed by atoms with Crippen LogP contribution in [0.3, 0.4) is 0 Å². The summed E-state index contributed by atoms with van der Waals surface area (Å²) in [7, 11) is 0. The molecule has 3 heteroatoms. The number of nitrogens with two attached hydrogens (primary N) is 1. The lowest BCUT2D eigenvalue weighted by molar-refractivity contribution is -0.127. The minimum Gasteiger partial charge on any atom is -0.351 e. The summed E-state index contributed by atoms with van der Waals surface area (Å²) in [6, 6.07) is 0.189. The number of hydrogen-bond donors (Lipinski definition) is 2. The van der Waals surface area contributed by atoms with Crippen molar-refractivity contribution >= 4 is 5.91 Å². The largest absolute Gasteiger partial charge is 0.351 e. The molecule has 0 aromatic carbocycles. The minimum atomic E-state index is -0.135. The molecule has 0 radical (unpaired) electrons. The van der Waals surface area contributed by atoms with Gasteiger partial charge in [0.15, 0.2) is 0 Å². The lowest BCUT2D eigenvalue weighted by Crippen LogP contribution is -2.47. The standard InChI is InChI=1S/C12H24N2O/c1-8-5-6-9(7-10(8)13)11(15)14-12(2,3)4/h8-10H,5-7,13H2,1-4H3,(H,14,15). The zero-order valence-electron chi connectivity index (χ0n) is 10.3. The van der Waals surface area contributed by atoms with Crippen LogP contribution in [0.5, 0.6) is 0 Å². The summed E-state index contributed by atoms with van der Waals surface area (Å²) in [5.41, 5.74) is 5.86. The monoisotopic (exact) mass is 212 g/mol. The number of nitrogens with one attached hydrogen (secondary N) is 1. The van der Waals surface area contributed by atoms with Crippen LogP contribution in [0.25, 0.3) is 0 Å². The predicted molar refractivity (Wildman–Crippen MR) is 62.4 cm³/mol. The Labute approximate surface area is 92.8 Å². The Morgan fingerprint density at radius 2 is 1.93 bits per heavy atom. The molecule has 0 aromatic heterocycles. The summed E-state index contributed by atoms with van der Waals surface area (Å²) in [6.45, 7) is 8.20. The summed E-state index contributed by atoms with van der Waals surface area (Å²) in [5.74, 6) is 0.851. The van der Waals surface area contributed by atoms with E-state index in [0.717, 1.165) is 19.3 Å². The molecule has 0 aliphatic heterocycles. The van der Waals surface area contributed by atoms with Gasteiger partial charge in [0.2, 0.25) is 5.91 Å². The summed E-state index contributed by atoms with van der Waals surface area (Å²) in [5, 5.41) is 3.03. The second-order valence-electron chi connectivity index (χ2n) is 5.89. The van der Waals surface area contributed by atoms with Crippen molar-refractivity contribution in [1.82, 2.24) is 5.32 Å². The van der Waals surface area contributed by atoms with E-state index in [9.17, 15) is 4.79 Å². The molecular formula is C12H24N2O. The first-order valence-corrected chi connectivity index (χ1v) is 5.87. The Kier molecular flexibility index (Phi) is 3.77. The van der Waals surface area contributed by atoms with E-state index in [-0.39, 0.29) is 23.4 Å². The van der Waals surface area contributed by atoms with Gasteiger partial charge < -0.3 is 11.1 Å². The number of amides is 1. The third-order valence-corrected chi connectivity index (χ3v) is 3.13. The molecule has 3 N–H and O–H groups in total. The van der Waals surface area contributed by atoms with Crippen LogP contribution in [0, 0.1) is 11.8 Å². The molecule has 1 aliphatic carbocycles. The Morgan fingerprint density at radius 3 is 2.40 bits per heavy atom. The highest BCUT2D eigenvalue weighted by molar-refractivity contribution is 5.79. The van der Waals surface area contributed by atoms with Crippen molar-refractivity contribution in [2.75, 3.05) is 0 Å². The predicted octanol–water partition coefficient (Wildman–Crippen LogP) is 1.66. The molecule has 88 valence electrons. The van der Waals surface area contributed by atoms with E-state index in [4.69, 9.17) is 5.73 Å². The van der Waals surface area contributed by atoms with Gasteiger partial charge in [-0.1, -0.05) is 6.92 Å². The van der Waals surface area contributed by atoms with Crippen LogP contribution in [0.1, 0.15) is 47.0 Å². The van der Waals surface area contributed by atoms with Gasteiger partial charge in [-0.2, -0.15) is 0 Å². The highest BCUT2D eigenvalue weighted by Gasteiger charge is 2.30. The van der Waals surface area contributed by atoms with E-state index in [1.807, 2.05) is 20.8 Å². The van der Waals surface area contributed by atoms with Gasteiger partial charge in [-0.05, 0) is 46.0 Å². The first-order chi connectivity index (χ1) is 6.79. The van der Waals surface area contributed by atoms with E-state index in [1.165, 1.54) is 0 Å². The highest BCUT2D eigenvalue weighted by atomic mass is 16.2. The fourth-order valence-electron chi connectivity index (χ4n) is 2.07. The normalized spacial score (nSPS) is 32.5. The highest BCUT2D eigenvalue weighted by Crippen LogP contribution is 2.28. The van der Waals surface area contributed by atoms with Crippen LogP contribution < -0.4 is 11.1 Å². The fourth-order valence-corrected chi connectivity index (χ4v) is 2.07. The molecule has 0 aromatic rings. The summed E-state index contributed by atoms with van der Waals surface area (Å²) < 4.78 is 0. The van der Waals surface area contributed by atoms with E-state index in [0.29, 0.717) is 5.92 Å². The quantitative estimate of drug-likeness (QED) is 0.694. The molecule has 15 heavy (non-hydrogen) atoms. The van der Waals surface area contributed by atoms with Gasteiger partial charge in [-0.3, -0.25) is 4.79 Å². The molecule has 3 atom stereocenters. The van der Waals surface area contributed by atoms with Crippen molar-refractivity contribution in [2.24, 2.45) is 17.6 Å². The Hall–Kier alpha value is -0.570. The van der Waals surface area contributed by atoms with Gasteiger partial charge >= 0.3 is 0 Å². The van der Waals surface area contributed by atoms with Gasteiger partial charge in [0, 0.05) is 17.5 Å². The SMILES string of the molecule is CC1CCC(C(=O)NC(C)(C)C)CC1N. The van der Waals surface area contributed by atoms with Crippen molar-refractivity contribution in [2.45, 2.75) is 58.5 Å². The van der Waals surface area contributed by atoms with Crippen LogP contribution in [0.2, 0.25) is 0 Å². The zero-order chi connectivity index (χ0) is 11.6.